The van der Waals surface area contributed by atoms with E-state index in [2.05, 4.69) is 42.6 Å². The summed E-state index contributed by atoms with van der Waals surface area (Å²) in [4.78, 5) is 0. The van der Waals surface area contributed by atoms with Crippen LogP contribution in [-0.4, -0.2) is 25.8 Å². The summed E-state index contributed by atoms with van der Waals surface area (Å²) in [5.41, 5.74) is 2.59. The Bertz CT molecular complexity index is 326. The zero-order valence-corrected chi connectivity index (χ0v) is 9.07. The molecule has 1 N–H and O–H groups in total. The van der Waals surface area contributed by atoms with Gasteiger partial charge in [0.25, 0.3) is 0 Å². The quantitative estimate of drug-likeness (QED) is 0.794. The Morgan fingerprint density at radius 1 is 1.40 bits per heavy atom. The zero-order valence-electron chi connectivity index (χ0n) is 9.07. The molecule has 0 aliphatic carbocycles. The van der Waals surface area contributed by atoms with E-state index in [1.165, 1.54) is 11.1 Å². The number of hydrogen-bond acceptors (Lipinski definition) is 2. The first-order chi connectivity index (χ1) is 7.36. The van der Waals surface area contributed by atoms with Gasteiger partial charge in [-0.25, -0.2) is 0 Å². The van der Waals surface area contributed by atoms with Crippen molar-refractivity contribution >= 4 is 6.08 Å². The van der Waals surface area contributed by atoms with Gasteiger partial charge in [0.1, 0.15) is 0 Å². The summed E-state index contributed by atoms with van der Waals surface area (Å²) < 4.78 is 5.44. The number of nitrogens with one attached hydrogen (secondary N) is 1. The molecule has 15 heavy (non-hydrogen) atoms. The summed E-state index contributed by atoms with van der Waals surface area (Å²) in [6.45, 7) is 4.72. The molecular weight excluding hydrogens is 186 g/mol. The molecule has 0 bridgehead atoms. The smallest absolute Gasteiger partial charge is 0.0658 e. The highest BCUT2D eigenvalue weighted by molar-refractivity contribution is 5.53. The van der Waals surface area contributed by atoms with Crippen LogP contribution in [0.5, 0.6) is 0 Å². The molecule has 0 radical (unpaired) electrons. The van der Waals surface area contributed by atoms with E-state index >= 15 is 0 Å². The van der Waals surface area contributed by atoms with E-state index in [0.717, 1.165) is 19.8 Å². The standard InChI is InChI=1S/C13H17NO/c1-11(13-10-15-8-7-14-13)9-12-5-3-2-4-6-12/h2-6,9,13-14H,7-8,10H2,1H3/b11-9+. The Hall–Kier alpha value is -1.12. The topological polar surface area (TPSA) is 21.3 Å². The summed E-state index contributed by atoms with van der Waals surface area (Å²) in [7, 11) is 0. The second-order valence-electron chi connectivity index (χ2n) is 3.88. The second kappa shape index (κ2) is 5.10. The molecule has 2 heteroatoms. The number of hydrogen-bond donors (Lipinski definition) is 1. The summed E-state index contributed by atoms with van der Waals surface area (Å²) in [5.74, 6) is 0. The normalized spacial score (nSPS) is 22.7. The van der Waals surface area contributed by atoms with E-state index in [1.54, 1.807) is 0 Å². The lowest BCUT2D eigenvalue weighted by Gasteiger charge is -2.24. The minimum absolute atomic E-state index is 0.374. The molecule has 1 aliphatic rings. The van der Waals surface area contributed by atoms with Gasteiger partial charge >= 0.3 is 0 Å². The van der Waals surface area contributed by atoms with Crippen LogP contribution < -0.4 is 5.32 Å². The first kappa shape index (κ1) is 10.4. The molecule has 0 amide bonds. The first-order valence-electron chi connectivity index (χ1n) is 5.40. The van der Waals surface area contributed by atoms with Gasteiger partial charge in [-0.05, 0) is 12.5 Å². The molecule has 1 unspecified atom stereocenters. The fourth-order valence-electron chi connectivity index (χ4n) is 1.77. The lowest BCUT2D eigenvalue weighted by Crippen LogP contribution is -2.41. The van der Waals surface area contributed by atoms with Crippen molar-refractivity contribution in [1.29, 1.82) is 0 Å². The van der Waals surface area contributed by atoms with Crippen molar-refractivity contribution in [3.05, 3.63) is 41.5 Å². The average Bonchev–Trinajstić information content (AvgIpc) is 2.31. The molecule has 1 aromatic rings. The van der Waals surface area contributed by atoms with Gasteiger partial charge in [-0.3, -0.25) is 0 Å². The van der Waals surface area contributed by atoms with Crippen LogP contribution in [0, 0.1) is 0 Å². The van der Waals surface area contributed by atoms with Crippen molar-refractivity contribution in [2.24, 2.45) is 0 Å². The Balaban J connectivity index is 2.06. The molecule has 0 spiro atoms. The number of rotatable bonds is 2. The van der Waals surface area contributed by atoms with Gasteiger partial charge in [-0.1, -0.05) is 42.0 Å². The van der Waals surface area contributed by atoms with Gasteiger partial charge in [0, 0.05) is 6.54 Å². The minimum Gasteiger partial charge on any atom is -0.378 e. The molecule has 80 valence electrons. The van der Waals surface area contributed by atoms with E-state index in [1.807, 2.05) is 6.07 Å². The average molecular weight is 203 g/mol. The fraction of sp³-hybridized carbons (Fsp3) is 0.385. The Morgan fingerprint density at radius 3 is 2.87 bits per heavy atom. The van der Waals surface area contributed by atoms with Crippen LogP contribution in [0.2, 0.25) is 0 Å². The van der Waals surface area contributed by atoms with Gasteiger partial charge in [0.15, 0.2) is 0 Å². The van der Waals surface area contributed by atoms with Crippen molar-refractivity contribution in [3.8, 4) is 0 Å². The highest BCUT2D eigenvalue weighted by atomic mass is 16.5. The van der Waals surface area contributed by atoms with Crippen LogP contribution in [-0.2, 0) is 4.74 Å². The predicted octanol–water partition coefficient (Wildman–Crippen LogP) is 2.08. The third-order valence-electron chi connectivity index (χ3n) is 2.67. The molecule has 1 atom stereocenters. The van der Waals surface area contributed by atoms with Gasteiger partial charge in [0.2, 0.25) is 0 Å². The summed E-state index contributed by atoms with van der Waals surface area (Å²) in [6.07, 6.45) is 2.21. The second-order valence-corrected chi connectivity index (χ2v) is 3.88. The summed E-state index contributed by atoms with van der Waals surface area (Å²) >= 11 is 0. The zero-order chi connectivity index (χ0) is 10.5. The first-order valence-corrected chi connectivity index (χ1v) is 5.40. The van der Waals surface area contributed by atoms with Gasteiger partial charge in [-0.2, -0.15) is 0 Å². The monoisotopic (exact) mass is 203 g/mol. The fourth-order valence-corrected chi connectivity index (χ4v) is 1.77. The SMILES string of the molecule is C/C(=C\c1ccccc1)C1COCCN1. The maximum atomic E-state index is 5.44. The van der Waals surface area contributed by atoms with Crippen LogP contribution in [0.1, 0.15) is 12.5 Å². The summed E-state index contributed by atoms with van der Waals surface area (Å²) in [5, 5.41) is 3.45. The molecular formula is C13H17NO. The van der Waals surface area contributed by atoms with E-state index in [-0.39, 0.29) is 0 Å². The lowest BCUT2D eigenvalue weighted by atomic mass is 10.1. The molecule has 2 nitrogen and oxygen atoms in total. The molecule has 1 aliphatic heterocycles. The Morgan fingerprint density at radius 2 is 2.20 bits per heavy atom. The lowest BCUT2D eigenvalue weighted by molar-refractivity contribution is 0.0873. The van der Waals surface area contributed by atoms with Crippen LogP contribution in [0.15, 0.2) is 35.9 Å². The van der Waals surface area contributed by atoms with E-state index in [4.69, 9.17) is 4.74 Å². The van der Waals surface area contributed by atoms with Crippen LogP contribution in [0.3, 0.4) is 0 Å². The summed E-state index contributed by atoms with van der Waals surface area (Å²) in [6, 6.07) is 10.8. The maximum Gasteiger partial charge on any atom is 0.0658 e. The molecule has 1 heterocycles. The van der Waals surface area contributed by atoms with Crippen molar-refractivity contribution in [1.82, 2.24) is 5.32 Å². The molecule has 1 saturated heterocycles. The molecule has 1 fully saturated rings. The Labute approximate surface area is 91.0 Å². The van der Waals surface area contributed by atoms with E-state index < -0.39 is 0 Å². The van der Waals surface area contributed by atoms with Crippen molar-refractivity contribution in [3.63, 3.8) is 0 Å². The molecule has 0 aromatic heterocycles. The third kappa shape index (κ3) is 2.91. The third-order valence-corrected chi connectivity index (χ3v) is 2.67. The maximum absolute atomic E-state index is 5.44. The largest absolute Gasteiger partial charge is 0.378 e. The van der Waals surface area contributed by atoms with Crippen molar-refractivity contribution < 1.29 is 4.74 Å². The molecule has 2 rings (SSSR count). The Kier molecular flexibility index (Phi) is 3.54. The highest BCUT2D eigenvalue weighted by Gasteiger charge is 2.13. The number of ether oxygens (including phenoxy) is 1. The number of benzene rings is 1. The van der Waals surface area contributed by atoms with Gasteiger partial charge in [0.05, 0.1) is 19.3 Å². The van der Waals surface area contributed by atoms with Crippen LogP contribution in [0.25, 0.3) is 6.08 Å². The van der Waals surface area contributed by atoms with E-state index in [9.17, 15) is 0 Å². The predicted molar refractivity (Wildman–Crippen MR) is 62.7 cm³/mol. The van der Waals surface area contributed by atoms with Crippen LogP contribution in [0.4, 0.5) is 0 Å². The van der Waals surface area contributed by atoms with Gasteiger partial charge < -0.3 is 10.1 Å². The molecule has 1 aromatic carbocycles. The molecule has 0 saturated carbocycles. The van der Waals surface area contributed by atoms with Crippen molar-refractivity contribution in [2.75, 3.05) is 19.8 Å². The van der Waals surface area contributed by atoms with Crippen molar-refractivity contribution in [2.45, 2.75) is 13.0 Å². The van der Waals surface area contributed by atoms with E-state index in [0.29, 0.717) is 6.04 Å². The minimum atomic E-state index is 0.374. The highest BCUT2D eigenvalue weighted by Crippen LogP contribution is 2.11. The number of morpholine rings is 1. The van der Waals surface area contributed by atoms with Gasteiger partial charge in [-0.15, -0.1) is 0 Å². The van der Waals surface area contributed by atoms with Crippen LogP contribution >= 0.6 is 0 Å².